The molecule has 0 spiro atoms. The molecule has 0 fully saturated rings. The van der Waals surface area contributed by atoms with E-state index in [4.69, 9.17) is 18.6 Å². The van der Waals surface area contributed by atoms with E-state index in [1.54, 1.807) is 31.4 Å². The van der Waals surface area contributed by atoms with E-state index >= 15 is 0 Å². The van der Waals surface area contributed by atoms with Crippen LogP contribution < -0.4 is 19.5 Å². The molecule has 136 valence electrons. The number of methoxy groups -OCH3 is 3. The van der Waals surface area contributed by atoms with Crippen LogP contribution in [-0.2, 0) is 7.05 Å². The van der Waals surface area contributed by atoms with E-state index < -0.39 is 5.91 Å². The number of amides is 1. The number of carbonyl (C=O) groups excluding carboxylic acids is 1. The second kappa shape index (κ2) is 7.13. The Morgan fingerprint density at radius 1 is 1.12 bits per heavy atom. The molecule has 0 aliphatic rings. The van der Waals surface area contributed by atoms with Gasteiger partial charge >= 0.3 is 6.01 Å². The van der Waals surface area contributed by atoms with Crippen LogP contribution in [0.4, 0.5) is 6.01 Å². The Morgan fingerprint density at radius 3 is 2.35 bits per heavy atom. The molecule has 0 saturated carbocycles. The smallest absolute Gasteiger partial charge is 0.322 e. The molecule has 0 radical (unpaired) electrons. The minimum absolute atomic E-state index is 0.0515. The summed E-state index contributed by atoms with van der Waals surface area (Å²) in [6.07, 6.45) is 1.66. The molecule has 1 amide bonds. The van der Waals surface area contributed by atoms with E-state index in [1.807, 2.05) is 0 Å². The summed E-state index contributed by atoms with van der Waals surface area (Å²) in [7, 11) is 6.24. The maximum atomic E-state index is 12.1. The monoisotopic (exact) mass is 359 g/mol. The van der Waals surface area contributed by atoms with E-state index in [0.29, 0.717) is 22.8 Å². The molecule has 3 rings (SSSR count). The van der Waals surface area contributed by atoms with Crippen molar-refractivity contribution >= 4 is 11.9 Å². The quantitative estimate of drug-likeness (QED) is 0.708. The van der Waals surface area contributed by atoms with E-state index in [-0.39, 0.29) is 17.6 Å². The molecule has 0 aliphatic carbocycles. The van der Waals surface area contributed by atoms with Crippen LogP contribution in [-0.4, -0.2) is 47.2 Å². The van der Waals surface area contributed by atoms with Crippen LogP contribution >= 0.6 is 0 Å². The predicted molar refractivity (Wildman–Crippen MR) is 90.6 cm³/mol. The Kier molecular flexibility index (Phi) is 4.74. The molecule has 0 bridgehead atoms. The van der Waals surface area contributed by atoms with Gasteiger partial charge in [0.1, 0.15) is 0 Å². The highest BCUT2D eigenvalue weighted by Crippen LogP contribution is 2.41. The van der Waals surface area contributed by atoms with Gasteiger partial charge in [-0.1, -0.05) is 5.10 Å². The summed E-state index contributed by atoms with van der Waals surface area (Å²) in [5.74, 6) is 1.06. The minimum atomic E-state index is -0.453. The highest BCUT2D eigenvalue weighted by Gasteiger charge is 2.19. The number of hydrogen-bond donors (Lipinski definition) is 1. The van der Waals surface area contributed by atoms with Crippen molar-refractivity contribution in [3.05, 3.63) is 30.1 Å². The van der Waals surface area contributed by atoms with Gasteiger partial charge in [0.05, 0.1) is 21.3 Å². The average molecular weight is 359 g/mol. The van der Waals surface area contributed by atoms with Crippen molar-refractivity contribution < 1.29 is 23.4 Å². The van der Waals surface area contributed by atoms with Crippen molar-refractivity contribution in [3.8, 4) is 28.7 Å². The topological polar surface area (TPSA) is 114 Å². The lowest BCUT2D eigenvalue weighted by atomic mass is 10.2. The number of benzene rings is 1. The molecule has 0 atom stereocenters. The number of anilines is 1. The van der Waals surface area contributed by atoms with Gasteiger partial charge in [0.2, 0.25) is 11.6 Å². The fraction of sp³-hybridized carbons (Fsp3) is 0.250. The number of ether oxygens (including phenoxy) is 3. The van der Waals surface area contributed by atoms with Gasteiger partial charge in [-0.05, 0) is 18.2 Å². The number of rotatable bonds is 6. The molecular formula is C16H17N5O5. The van der Waals surface area contributed by atoms with Crippen LogP contribution in [0, 0.1) is 0 Å². The molecule has 1 N–H and O–H groups in total. The molecule has 3 aromatic rings. The molecule has 2 aromatic heterocycles. The van der Waals surface area contributed by atoms with E-state index in [0.717, 1.165) is 0 Å². The third kappa shape index (κ3) is 3.29. The van der Waals surface area contributed by atoms with Gasteiger partial charge < -0.3 is 18.6 Å². The van der Waals surface area contributed by atoms with Crippen LogP contribution in [0.3, 0.4) is 0 Å². The minimum Gasteiger partial charge on any atom is -0.493 e. The van der Waals surface area contributed by atoms with Crippen molar-refractivity contribution in [2.24, 2.45) is 7.05 Å². The summed E-state index contributed by atoms with van der Waals surface area (Å²) in [5, 5.41) is 14.3. The van der Waals surface area contributed by atoms with Gasteiger partial charge in [-0.2, -0.15) is 5.10 Å². The fourth-order valence-corrected chi connectivity index (χ4v) is 2.29. The average Bonchev–Trinajstić information content (AvgIpc) is 3.29. The zero-order chi connectivity index (χ0) is 18.7. The van der Waals surface area contributed by atoms with Crippen molar-refractivity contribution in [1.29, 1.82) is 0 Å². The fourth-order valence-electron chi connectivity index (χ4n) is 2.29. The first-order valence-electron chi connectivity index (χ1n) is 7.50. The second-order valence-electron chi connectivity index (χ2n) is 5.16. The third-order valence-corrected chi connectivity index (χ3v) is 3.50. The molecule has 2 heterocycles. The number of hydrogen-bond acceptors (Lipinski definition) is 8. The number of nitrogens with one attached hydrogen (secondary N) is 1. The van der Waals surface area contributed by atoms with Gasteiger partial charge in [0.15, 0.2) is 17.2 Å². The maximum Gasteiger partial charge on any atom is 0.322 e. The van der Waals surface area contributed by atoms with Gasteiger partial charge in [0, 0.05) is 18.8 Å². The summed E-state index contributed by atoms with van der Waals surface area (Å²) in [5.41, 5.74) is 0.783. The van der Waals surface area contributed by atoms with Crippen LogP contribution in [0.1, 0.15) is 10.5 Å². The zero-order valence-electron chi connectivity index (χ0n) is 14.6. The van der Waals surface area contributed by atoms with Crippen LogP contribution in [0.15, 0.2) is 28.8 Å². The summed E-state index contributed by atoms with van der Waals surface area (Å²) in [6.45, 7) is 0. The van der Waals surface area contributed by atoms with Crippen LogP contribution in [0.2, 0.25) is 0 Å². The normalized spacial score (nSPS) is 10.5. The number of carbonyl (C=O) groups is 1. The van der Waals surface area contributed by atoms with E-state index in [9.17, 15) is 4.79 Å². The van der Waals surface area contributed by atoms with Crippen molar-refractivity contribution in [1.82, 2.24) is 20.0 Å². The highest BCUT2D eigenvalue weighted by molar-refractivity contribution is 6.01. The largest absolute Gasteiger partial charge is 0.493 e. The van der Waals surface area contributed by atoms with Gasteiger partial charge in [-0.3, -0.25) is 14.8 Å². The first-order chi connectivity index (χ1) is 12.5. The van der Waals surface area contributed by atoms with Crippen molar-refractivity contribution in [2.75, 3.05) is 26.6 Å². The summed E-state index contributed by atoms with van der Waals surface area (Å²) >= 11 is 0. The standard InChI is InChI=1S/C16H17N5O5/c1-21-6-5-10(20-21)14(22)17-16-19-18-15(26-16)9-7-11(23-2)13(25-4)12(8-9)24-3/h5-8H,1-4H3,(H,17,19,22). The molecule has 10 heteroatoms. The number of aromatic nitrogens is 4. The summed E-state index contributed by atoms with van der Waals surface area (Å²) < 4.78 is 22.9. The Hall–Kier alpha value is -3.56. The Balaban J connectivity index is 1.86. The number of aryl methyl sites for hydroxylation is 1. The Morgan fingerprint density at radius 2 is 1.81 bits per heavy atom. The summed E-state index contributed by atoms with van der Waals surface area (Å²) in [6, 6.07) is 4.86. The molecule has 10 nitrogen and oxygen atoms in total. The lowest BCUT2D eigenvalue weighted by Crippen LogP contribution is -2.13. The Labute approximate surface area is 148 Å². The van der Waals surface area contributed by atoms with E-state index in [2.05, 4.69) is 20.6 Å². The van der Waals surface area contributed by atoms with Crippen molar-refractivity contribution in [2.45, 2.75) is 0 Å². The molecule has 1 aromatic carbocycles. The maximum absolute atomic E-state index is 12.1. The lowest BCUT2D eigenvalue weighted by Gasteiger charge is -2.12. The molecule has 0 saturated heterocycles. The van der Waals surface area contributed by atoms with Crippen LogP contribution in [0.5, 0.6) is 17.2 Å². The number of nitrogens with zero attached hydrogens (tertiary/aromatic N) is 4. The lowest BCUT2D eigenvalue weighted by molar-refractivity contribution is 0.101. The Bertz CT molecular complexity index is 908. The molecule has 0 aliphatic heterocycles. The molecule has 0 unspecified atom stereocenters. The molecular weight excluding hydrogens is 342 g/mol. The van der Waals surface area contributed by atoms with Gasteiger partial charge in [0.25, 0.3) is 5.91 Å². The first-order valence-corrected chi connectivity index (χ1v) is 7.50. The zero-order valence-corrected chi connectivity index (χ0v) is 14.6. The second-order valence-corrected chi connectivity index (χ2v) is 5.16. The predicted octanol–water partition coefficient (Wildman–Crippen LogP) is 1.75. The van der Waals surface area contributed by atoms with Crippen molar-refractivity contribution in [3.63, 3.8) is 0 Å². The van der Waals surface area contributed by atoms with Gasteiger partial charge in [-0.15, -0.1) is 5.10 Å². The third-order valence-electron chi connectivity index (χ3n) is 3.50. The van der Waals surface area contributed by atoms with Gasteiger partial charge in [-0.25, -0.2) is 0 Å². The summed E-state index contributed by atoms with van der Waals surface area (Å²) in [4.78, 5) is 12.1. The highest BCUT2D eigenvalue weighted by atomic mass is 16.5. The first kappa shape index (κ1) is 17.3. The van der Waals surface area contributed by atoms with Crippen LogP contribution in [0.25, 0.3) is 11.5 Å². The SMILES string of the molecule is COc1cc(-c2nnc(NC(=O)c3ccn(C)n3)o2)cc(OC)c1OC. The molecule has 26 heavy (non-hydrogen) atoms. The van der Waals surface area contributed by atoms with E-state index in [1.165, 1.54) is 26.0 Å².